The Morgan fingerprint density at radius 2 is 2.11 bits per heavy atom. The van der Waals surface area contributed by atoms with Gasteiger partial charge in [0.2, 0.25) is 5.89 Å². The Balaban J connectivity index is 2.37. The van der Waals surface area contributed by atoms with Crippen molar-refractivity contribution in [3.8, 4) is 23.1 Å². The number of methoxy groups -OCH3 is 1. The van der Waals surface area contributed by atoms with Gasteiger partial charge in [-0.2, -0.15) is 0 Å². The predicted molar refractivity (Wildman–Crippen MR) is 73.7 cm³/mol. The van der Waals surface area contributed by atoms with E-state index in [9.17, 15) is 0 Å². The Morgan fingerprint density at radius 3 is 2.74 bits per heavy atom. The molecule has 0 saturated carbocycles. The fourth-order valence-corrected chi connectivity index (χ4v) is 1.84. The zero-order chi connectivity index (χ0) is 13.8. The Kier molecular flexibility index (Phi) is 4.10. The van der Waals surface area contributed by atoms with Crippen molar-refractivity contribution < 1.29 is 13.9 Å². The first-order valence-corrected chi connectivity index (χ1v) is 6.42. The van der Waals surface area contributed by atoms with Crippen LogP contribution in [-0.4, -0.2) is 18.7 Å². The highest BCUT2D eigenvalue weighted by atomic mass is 16.6. The van der Waals surface area contributed by atoms with Crippen LogP contribution in [0.4, 0.5) is 0 Å². The molecule has 4 heteroatoms. The van der Waals surface area contributed by atoms with Gasteiger partial charge < -0.3 is 13.9 Å². The molecule has 0 atom stereocenters. The molecule has 102 valence electrons. The molecule has 19 heavy (non-hydrogen) atoms. The molecular weight excluding hydrogens is 242 g/mol. The number of nitrogens with zero attached hydrogens (tertiary/aromatic N) is 1. The maximum Gasteiger partial charge on any atom is 0.305 e. The van der Waals surface area contributed by atoms with Gasteiger partial charge in [0.1, 0.15) is 11.9 Å². The summed E-state index contributed by atoms with van der Waals surface area (Å²) in [4.78, 5) is 4.22. The molecule has 0 aliphatic heterocycles. The topological polar surface area (TPSA) is 44.5 Å². The van der Waals surface area contributed by atoms with Crippen LogP contribution < -0.4 is 9.47 Å². The van der Waals surface area contributed by atoms with Gasteiger partial charge in [-0.3, -0.25) is 0 Å². The fraction of sp³-hybridized carbons (Fsp3) is 0.400. The lowest BCUT2D eigenvalue weighted by molar-refractivity contribution is 0.260. The third kappa shape index (κ3) is 2.89. The summed E-state index contributed by atoms with van der Waals surface area (Å²) in [6, 6.07) is 6.05. The summed E-state index contributed by atoms with van der Waals surface area (Å²) in [5.41, 5.74) is 2.05. The van der Waals surface area contributed by atoms with Gasteiger partial charge in [-0.15, -0.1) is 0 Å². The van der Waals surface area contributed by atoms with Gasteiger partial charge in [-0.25, -0.2) is 4.98 Å². The van der Waals surface area contributed by atoms with Crippen LogP contribution in [0.1, 0.15) is 32.3 Å². The second kappa shape index (κ2) is 5.78. The molecule has 0 radical (unpaired) electrons. The maximum atomic E-state index is 5.54. The number of rotatable bonds is 5. The highest BCUT2D eigenvalue weighted by molar-refractivity contribution is 5.64. The molecule has 0 N–H and O–H groups in total. The van der Waals surface area contributed by atoms with Crippen LogP contribution in [0.5, 0.6) is 11.7 Å². The smallest absolute Gasteiger partial charge is 0.305 e. The molecule has 1 heterocycles. The lowest BCUT2D eigenvalue weighted by Gasteiger charge is -2.10. The molecule has 4 nitrogen and oxygen atoms in total. The summed E-state index contributed by atoms with van der Waals surface area (Å²) in [6.07, 6.45) is 1.58. The molecule has 0 saturated heterocycles. The van der Waals surface area contributed by atoms with Crippen LogP contribution in [0.3, 0.4) is 0 Å². The van der Waals surface area contributed by atoms with Gasteiger partial charge in [0.25, 0.3) is 0 Å². The lowest BCUT2D eigenvalue weighted by Crippen LogP contribution is -1.93. The van der Waals surface area contributed by atoms with E-state index < -0.39 is 0 Å². The first-order chi connectivity index (χ1) is 9.15. The van der Waals surface area contributed by atoms with Crippen LogP contribution in [0, 0.1) is 0 Å². The normalized spacial score (nSPS) is 10.8. The van der Waals surface area contributed by atoms with Crippen LogP contribution >= 0.6 is 0 Å². The monoisotopic (exact) mass is 261 g/mol. The van der Waals surface area contributed by atoms with E-state index >= 15 is 0 Å². The summed E-state index contributed by atoms with van der Waals surface area (Å²) in [5, 5.41) is 0. The number of benzene rings is 1. The van der Waals surface area contributed by atoms with Crippen molar-refractivity contribution in [1.82, 2.24) is 4.98 Å². The van der Waals surface area contributed by atoms with Crippen molar-refractivity contribution in [2.24, 2.45) is 0 Å². The molecular formula is C15H19NO3. The van der Waals surface area contributed by atoms with E-state index in [2.05, 4.69) is 24.9 Å². The van der Waals surface area contributed by atoms with E-state index in [0.717, 1.165) is 11.3 Å². The highest BCUT2D eigenvalue weighted by Crippen LogP contribution is 2.33. The van der Waals surface area contributed by atoms with Crippen LogP contribution in [-0.2, 0) is 0 Å². The van der Waals surface area contributed by atoms with Crippen molar-refractivity contribution in [1.29, 1.82) is 0 Å². The van der Waals surface area contributed by atoms with E-state index in [0.29, 0.717) is 24.4 Å². The van der Waals surface area contributed by atoms with Crippen LogP contribution in [0.15, 0.2) is 28.8 Å². The molecule has 0 unspecified atom stereocenters. The molecule has 0 fully saturated rings. The quantitative estimate of drug-likeness (QED) is 0.819. The molecule has 2 rings (SSSR count). The average Bonchev–Trinajstić information content (AvgIpc) is 2.86. The van der Waals surface area contributed by atoms with Gasteiger partial charge in [-0.1, -0.05) is 19.9 Å². The Morgan fingerprint density at radius 1 is 1.32 bits per heavy atom. The van der Waals surface area contributed by atoms with Gasteiger partial charge in [0.15, 0.2) is 0 Å². The fourth-order valence-electron chi connectivity index (χ4n) is 1.84. The molecule has 0 aliphatic rings. The molecule has 1 aromatic carbocycles. The predicted octanol–water partition coefficient (Wildman–Crippen LogP) is 3.87. The number of oxazole rings is 1. The zero-order valence-electron chi connectivity index (χ0n) is 11.8. The van der Waals surface area contributed by atoms with E-state index in [4.69, 9.17) is 13.9 Å². The zero-order valence-corrected chi connectivity index (χ0v) is 11.8. The first-order valence-electron chi connectivity index (χ1n) is 6.42. The van der Waals surface area contributed by atoms with Crippen LogP contribution in [0.25, 0.3) is 11.5 Å². The Hall–Kier alpha value is -1.97. The minimum absolute atomic E-state index is 0.424. The third-order valence-electron chi connectivity index (χ3n) is 2.89. The molecule has 0 spiro atoms. The SMILES string of the molecule is CCOc1cnc(-c2ccc(C(C)C)cc2OC)o1. The van der Waals surface area contributed by atoms with Gasteiger partial charge in [-0.05, 0) is 30.5 Å². The van der Waals surface area contributed by atoms with Gasteiger partial charge >= 0.3 is 5.95 Å². The Bertz CT molecular complexity index is 546. The second-order valence-electron chi connectivity index (χ2n) is 4.53. The largest absolute Gasteiger partial charge is 0.496 e. The highest BCUT2D eigenvalue weighted by Gasteiger charge is 2.14. The van der Waals surface area contributed by atoms with E-state index in [-0.39, 0.29) is 0 Å². The minimum atomic E-state index is 0.424. The molecule has 0 aliphatic carbocycles. The third-order valence-corrected chi connectivity index (χ3v) is 2.89. The van der Waals surface area contributed by atoms with Crippen molar-refractivity contribution in [3.63, 3.8) is 0 Å². The molecule has 0 bridgehead atoms. The van der Waals surface area contributed by atoms with E-state index in [1.54, 1.807) is 13.3 Å². The number of hydrogen-bond acceptors (Lipinski definition) is 4. The summed E-state index contributed by atoms with van der Waals surface area (Å²) in [7, 11) is 1.65. The summed E-state index contributed by atoms with van der Waals surface area (Å²) in [5.74, 6) is 2.14. The van der Waals surface area contributed by atoms with Gasteiger partial charge in [0.05, 0.1) is 19.3 Å². The van der Waals surface area contributed by atoms with Crippen molar-refractivity contribution in [3.05, 3.63) is 30.0 Å². The summed E-state index contributed by atoms with van der Waals surface area (Å²) < 4.78 is 16.2. The summed E-state index contributed by atoms with van der Waals surface area (Å²) >= 11 is 0. The van der Waals surface area contributed by atoms with Crippen molar-refractivity contribution >= 4 is 0 Å². The minimum Gasteiger partial charge on any atom is -0.496 e. The number of aromatic nitrogens is 1. The first kappa shape index (κ1) is 13.5. The Labute approximate surface area is 113 Å². The summed E-state index contributed by atoms with van der Waals surface area (Å²) in [6.45, 7) is 6.75. The van der Waals surface area contributed by atoms with E-state index in [1.807, 2.05) is 19.1 Å². The van der Waals surface area contributed by atoms with Crippen molar-refractivity contribution in [2.75, 3.05) is 13.7 Å². The maximum absolute atomic E-state index is 5.54. The van der Waals surface area contributed by atoms with Crippen LogP contribution in [0.2, 0.25) is 0 Å². The van der Waals surface area contributed by atoms with Crippen molar-refractivity contribution in [2.45, 2.75) is 26.7 Å². The number of ether oxygens (including phenoxy) is 2. The second-order valence-corrected chi connectivity index (χ2v) is 4.53. The number of hydrogen-bond donors (Lipinski definition) is 0. The molecule has 2 aromatic rings. The molecule has 1 aromatic heterocycles. The average molecular weight is 261 g/mol. The van der Waals surface area contributed by atoms with Gasteiger partial charge in [0, 0.05) is 0 Å². The molecule has 0 amide bonds. The van der Waals surface area contributed by atoms with E-state index in [1.165, 1.54) is 5.56 Å². The standard InChI is InChI=1S/C15H19NO3/c1-5-18-14-9-16-15(19-14)12-7-6-11(10(2)3)8-13(12)17-4/h6-10H,5H2,1-4H3. The lowest BCUT2D eigenvalue weighted by atomic mass is 10.0.